The highest BCUT2D eigenvalue weighted by molar-refractivity contribution is 5.93. The van der Waals surface area contributed by atoms with E-state index >= 15 is 0 Å². The van der Waals surface area contributed by atoms with Crippen LogP contribution in [0.3, 0.4) is 0 Å². The Morgan fingerprint density at radius 2 is 1.28 bits per heavy atom. The van der Waals surface area contributed by atoms with Gasteiger partial charge in [0.2, 0.25) is 11.8 Å². The predicted octanol–water partition coefficient (Wildman–Crippen LogP) is 4.69. The summed E-state index contributed by atoms with van der Waals surface area (Å²) in [5, 5.41) is 11.6. The fraction of sp³-hybridized carbons (Fsp3) is 0.200. The molecule has 1 unspecified atom stereocenters. The Bertz CT molecular complexity index is 985. The first kappa shape index (κ1) is 30.0. The van der Waals surface area contributed by atoms with E-state index in [1.54, 1.807) is 13.8 Å². The van der Waals surface area contributed by atoms with Crippen LogP contribution in [0.5, 0.6) is 0 Å². The summed E-state index contributed by atoms with van der Waals surface area (Å²) >= 11 is 0. The fourth-order valence-corrected chi connectivity index (χ4v) is 3.30. The first-order valence-electron chi connectivity index (χ1n) is 11.5. The average Bonchev–Trinajstić information content (AvgIpc) is 2.89. The van der Waals surface area contributed by atoms with E-state index in [2.05, 4.69) is 28.9 Å². The lowest BCUT2D eigenvalue weighted by molar-refractivity contribution is -0.118. The second-order valence-corrected chi connectivity index (χ2v) is 7.74. The number of aliphatic hydroxyl groups is 1. The van der Waals surface area contributed by atoms with Crippen molar-refractivity contribution in [2.24, 2.45) is 5.73 Å². The number of rotatable bonds is 8. The SMILES string of the molecule is C=C(C)C(=O)NC(c1ccccc1)(c1ccccc1)c1ccccc1.C=CC(N)=O.CCOC(C)O. The summed E-state index contributed by atoms with van der Waals surface area (Å²) in [5.41, 5.74) is 7.24. The molecule has 3 aromatic rings. The second-order valence-electron chi connectivity index (χ2n) is 7.74. The van der Waals surface area contributed by atoms with Crippen LogP contribution < -0.4 is 11.1 Å². The molecule has 0 bridgehead atoms. The molecule has 0 aromatic heterocycles. The molecular formula is C30H36N2O4. The predicted molar refractivity (Wildman–Crippen MR) is 145 cm³/mol. The van der Waals surface area contributed by atoms with Crippen LogP contribution in [-0.2, 0) is 19.9 Å². The Morgan fingerprint density at radius 3 is 1.47 bits per heavy atom. The number of hydrogen-bond acceptors (Lipinski definition) is 4. The maximum Gasteiger partial charge on any atom is 0.247 e. The van der Waals surface area contributed by atoms with Crippen molar-refractivity contribution in [1.82, 2.24) is 5.32 Å². The van der Waals surface area contributed by atoms with Crippen molar-refractivity contribution in [3.8, 4) is 0 Å². The molecule has 4 N–H and O–H groups in total. The van der Waals surface area contributed by atoms with Gasteiger partial charge in [-0.15, -0.1) is 0 Å². The molecule has 0 aliphatic carbocycles. The van der Waals surface area contributed by atoms with Crippen molar-refractivity contribution >= 4 is 11.8 Å². The summed E-state index contributed by atoms with van der Waals surface area (Å²) < 4.78 is 4.60. The minimum atomic E-state index is -0.778. The molecule has 0 aliphatic heterocycles. The molecule has 0 radical (unpaired) electrons. The number of carbonyl (C=O) groups excluding carboxylic acids is 2. The molecule has 0 aliphatic rings. The number of nitrogens with one attached hydrogen (secondary N) is 1. The summed E-state index contributed by atoms with van der Waals surface area (Å²) in [7, 11) is 0. The number of primary amides is 1. The van der Waals surface area contributed by atoms with Gasteiger partial charge in [-0.1, -0.05) is 104 Å². The van der Waals surface area contributed by atoms with Gasteiger partial charge in [-0.2, -0.15) is 0 Å². The zero-order valence-corrected chi connectivity index (χ0v) is 21.2. The van der Waals surface area contributed by atoms with Gasteiger partial charge in [0.15, 0.2) is 6.29 Å². The Labute approximate surface area is 214 Å². The van der Waals surface area contributed by atoms with Gasteiger partial charge >= 0.3 is 0 Å². The number of aliphatic hydroxyl groups excluding tert-OH is 1. The third kappa shape index (κ3) is 9.33. The smallest absolute Gasteiger partial charge is 0.247 e. The number of ether oxygens (including phenoxy) is 1. The standard InChI is InChI=1S/C23H21NO.C4H10O2.C3H5NO/c1-18(2)22(25)24-23(19-12-6-3-7-13-19,20-14-8-4-9-15-20)21-16-10-5-11-17-21;1-3-6-4(2)5;1-2-3(4)5/h3-17H,1H2,2H3,(H,24,25);4-5H,3H2,1-2H3;2H,1H2,(H2,4,5). The van der Waals surface area contributed by atoms with Crippen LogP contribution in [0.25, 0.3) is 0 Å². The second kappa shape index (κ2) is 15.8. The molecule has 0 spiro atoms. The van der Waals surface area contributed by atoms with Gasteiger partial charge in [0.25, 0.3) is 0 Å². The lowest BCUT2D eigenvalue weighted by Gasteiger charge is -2.37. The van der Waals surface area contributed by atoms with E-state index in [9.17, 15) is 9.59 Å². The molecular weight excluding hydrogens is 452 g/mol. The van der Waals surface area contributed by atoms with Crippen molar-refractivity contribution in [2.45, 2.75) is 32.6 Å². The van der Waals surface area contributed by atoms with Crippen LogP contribution in [0.2, 0.25) is 0 Å². The topological polar surface area (TPSA) is 102 Å². The van der Waals surface area contributed by atoms with E-state index in [0.717, 1.165) is 22.8 Å². The van der Waals surface area contributed by atoms with Crippen LogP contribution in [0.4, 0.5) is 0 Å². The zero-order valence-electron chi connectivity index (χ0n) is 21.2. The van der Waals surface area contributed by atoms with Gasteiger partial charge in [0.1, 0.15) is 5.54 Å². The molecule has 36 heavy (non-hydrogen) atoms. The maximum atomic E-state index is 12.7. The molecule has 190 valence electrons. The van der Waals surface area contributed by atoms with Crippen molar-refractivity contribution in [1.29, 1.82) is 0 Å². The maximum absolute atomic E-state index is 12.7. The monoisotopic (exact) mass is 488 g/mol. The molecule has 6 heteroatoms. The summed E-state index contributed by atoms with van der Waals surface area (Å²) in [4.78, 5) is 22.1. The van der Waals surface area contributed by atoms with Gasteiger partial charge in [-0.3, -0.25) is 9.59 Å². The Balaban J connectivity index is 0.000000495. The lowest BCUT2D eigenvalue weighted by Crippen LogP contribution is -2.48. The highest BCUT2D eigenvalue weighted by atomic mass is 16.6. The zero-order chi connectivity index (χ0) is 27.0. The van der Waals surface area contributed by atoms with Crippen LogP contribution in [-0.4, -0.2) is 29.8 Å². The highest BCUT2D eigenvalue weighted by Crippen LogP contribution is 2.36. The van der Waals surface area contributed by atoms with Crippen molar-refractivity contribution in [3.05, 3.63) is 132 Å². The van der Waals surface area contributed by atoms with Gasteiger partial charge in [0.05, 0.1) is 0 Å². The number of nitrogens with two attached hydrogens (primary N) is 1. The third-order valence-corrected chi connectivity index (χ3v) is 4.92. The lowest BCUT2D eigenvalue weighted by atomic mass is 9.77. The Hall–Kier alpha value is -4.00. The molecule has 0 fully saturated rings. The number of hydrogen-bond donors (Lipinski definition) is 3. The molecule has 3 aromatic carbocycles. The van der Waals surface area contributed by atoms with Gasteiger partial charge in [-0.25, -0.2) is 0 Å². The average molecular weight is 489 g/mol. The minimum Gasteiger partial charge on any atom is -0.368 e. The molecule has 6 nitrogen and oxygen atoms in total. The van der Waals surface area contributed by atoms with Crippen molar-refractivity contribution in [2.75, 3.05) is 6.61 Å². The van der Waals surface area contributed by atoms with Crippen molar-refractivity contribution < 1.29 is 19.4 Å². The van der Waals surface area contributed by atoms with Crippen LogP contribution in [0, 0.1) is 0 Å². The van der Waals surface area contributed by atoms with Crippen LogP contribution >= 0.6 is 0 Å². The first-order valence-corrected chi connectivity index (χ1v) is 11.5. The van der Waals surface area contributed by atoms with E-state index in [-0.39, 0.29) is 5.91 Å². The molecule has 0 heterocycles. The van der Waals surface area contributed by atoms with Crippen LogP contribution in [0.15, 0.2) is 116 Å². The van der Waals surface area contributed by atoms with Crippen molar-refractivity contribution in [3.63, 3.8) is 0 Å². The number of carbonyl (C=O) groups is 2. The van der Waals surface area contributed by atoms with Gasteiger partial charge < -0.3 is 20.9 Å². The number of amides is 2. The Kier molecular flexibility index (Phi) is 13.2. The minimum absolute atomic E-state index is 0.170. The Morgan fingerprint density at radius 1 is 0.944 bits per heavy atom. The van der Waals surface area contributed by atoms with E-state index in [4.69, 9.17) is 5.11 Å². The molecule has 3 rings (SSSR count). The summed E-state index contributed by atoms with van der Waals surface area (Å²) in [5.74, 6) is -0.651. The molecule has 1 atom stereocenters. The van der Waals surface area contributed by atoms with E-state index in [0.29, 0.717) is 12.2 Å². The number of benzene rings is 3. The normalized spacial score (nSPS) is 10.9. The van der Waals surface area contributed by atoms with Crippen LogP contribution in [0.1, 0.15) is 37.5 Å². The molecule has 0 saturated carbocycles. The van der Waals surface area contributed by atoms with E-state index < -0.39 is 17.7 Å². The molecule has 2 amide bonds. The fourth-order valence-electron chi connectivity index (χ4n) is 3.30. The summed E-state index contributed by atoms with van der Waals surface area (Å²) in [6.45, 7) is 12.6. The largest absolute Gasteiger partial charge is 0.368 e. The van der Waals surface area contributed by atoms with Gasteiger partial charge in [0, 0.05) is 12.2 Å². The van der Waals surface area contributed by atoms with E-state index in [1.165, 1.54) is 0 Å². The molecule has 0 saturated heterocycles. The first-order chi connectivity index (χ1) is 17.2. The highest BCUT2D eigenvalue weighted by Gasteiger charge is 2.37. The summed E-state index contributed by atoms with van der Waals surface area (Å²) in [6, 6.07) is 30.1. The third-order valence-electron chi connectivity index (χ3n) is 4.92. The summed E-state index contributed by atoms with van der Waals surface area (Å²) in [6.07, 6.45) is 0.454. The van der Waals surface area contributed by atoms with Gasteiger partial charge in [-0.05, 0) is 43.5 Å². The van der Waals surface area contributed by atoms with E-state index in [1.807, 2.05) is 97.9 Å². The quantitative estimate of drug-likeness (QED) is 0.243.